The molecule has 2 aliphatic heterocycles. The summed E-state index contributed by atoms with van der Waals surface area (Å²) < 4.78 is 1.79. The molecule has 7 heteroatoms. The maximum Gasteiger partial charge on any atom is 0.328 e. The van der Waals surface area contributed by atoms with Crippen molar-refractivity contribution < 1.29 is 9.59 Å². The summed E-state index contributed by atoms with van der Waals surface area (Å²) in [6.45, 7) is 9.74. The first kappa shape index (κ1) is 18.7. The van der Waals surface area contributed by atoms with Crippen molar-refractivity contribution in [2.75, 3.05) is 31.1 Å². The number of aromatic nitrogens is 2. The Kier molecular flexibility index (Phi) is 5.17. The van der Waals surface area contributed by atoms with Gasteiger partial charge in [0.15, 0.2) is 0 Å². The van der Waals surface area contributed by atoms with E-state index < -0.39 is 0 Å². The monoisotopic (exact) mass is 381 g/mol. The molecule has 0 saturated carbocycles. The molecule has 2 fully saturated rings. The van der Waals surface area contributed by atoms with Crippen LogP contribution in [0.2, 0.25) is 0 Å². The fourth-order valence-corrected chi connectivity index (χ4v) is 4.20. The van der Waals surface area contributed by atoms with E-state index in [0.29, 0.717) is 18.9 Å². The second kappa shape index (κ2) is 7.75. The molecule has 1 N–H and O–H groups in total. The third-order valence-corrected chi connectivity index (χ3v) is 5.64. The Morgan fingerprint density at radius 1 is 1.29 bits per heavy atom. The van der Waals surface area contributed by atoms with Gasteiger partial charge in [0, 0.05) is 25.7 Å². The fraction of sp³-hybridized carbons (Fsp3) is 0.476. The van der Waals surface area contributed by atoms with Crippen molar-refractivity contribution in [2.45, 2.75) is 32.6 Å². The molecule has 2 aromatic rings. The highest BCUT2D eigenvalue weighted by Gasteiger charge is 2.27. The van der Waals surface area contributed by atoms with Gasteiger partial charge in [0.05, 0.1) is 17.4 Å². The molecule has 0 bridgehead atoms. The van der Waals surface area contributed by atoms with E-state index in [1.807, 2.05) is 6.20 Å². The van der Waals surface area contributed by atoms with Crippen LogP contribution in [-0.2, 0) is 11.2 Å². The summed E-state index contributed by atoms with van der Waals surface area (Å²) in [6.07, 6.45) is 7.39. The molecular formula is C21H27N5O2. The Labute approximate surface area is 165 Å². The Morgan fingerprint density at radius 3 is 2.79 bits per heavy atom. The predicted molar refractivity (Wildman–Crippen MR) is 108 cm³/mol. The van der Waals surface area contributed by atoms with Gasteiger partial charge in [0.2, 0.25) is 5.91 Å². The predicted octanol–water partition coefficient (Wildman–Crippen LogP) is 2.61. The number of rotatable bonds is 5. The zero-order chi connectivity index (χ0) is 19.7. The molecule has 4 rings (SSSR count). The third-order valence-electron chi connectivity index (χ3n) is 5.64. The molecule has 0 unspecified atom stereocenters. The number of piperidine rings is 1. The van der Waals surface area contributed by atoms with Crippen LogP contribution >= 0.6 is 0 Å². The number of nitrogens with zero attached hydrogens (tertiary/aromatic N) is 4. The lowest BCUT2D eigenvalue weighted by Crippen LogP contribution is -2.49. The molecule has 2 aromatic heterocycles. The lowest BCUT2D eigenvalue weighted by atomic mass is 9.90. The molecule has 3 amide bonds. The van der Waals surface area contributed by atoms with Gasteiger partial charge in [-0.2, -0.15) is 5.10 Å². The van der Waals surface area contributed by atoms with Crippen molar-refractivity contribution >= 4 is 23.1 Å². The summed E-state index contributed by atoms with van der Waals surface area (Å²) in [6, 6.07) is 3.87. The van der Waals surface area contributed by atoms with Gasteiger partial charge < -0.3 is 0 Å². The van der Waals surface area contributed by atoms with Crippen molar-refractivity contribution in [1.29, 1.82) is 0 Å². The highest BCUT2D eigenvalue weighted by molar-refractivity contribution is 6.07. The van der Waals surface area contributed by atoms with Crippen LogP contribution in [0.5, 0.6) is 0 Å². The van der Waals surface area contributed by atoms with Gasteiger partial charge in [-0.05, 0) is 62.9 Å². The minimum Gasteiger partial charge on any atom is -0.299 e. The number of carbonyl (C=O) groups excluding carboxylic acids is 2. The first-order chi connectivity index (χ1) is 13.5. The van der Waals surface area contributed by atoms with E-state index in [2.05, 4.69) is 41.0 Å². The SMILES string of the molecule is C=C(C)CN1CCC(Cc2ccn3ncc(N4CCC(=O)NC4=O)c3c2)CC1. The van der Waals surface area contributed by atoms with Crippen LogP contribution in [0.25, 0.3) is 5.52 Å². The van der Waals surface area contributed by atoms with Crippen LogP contribution in [0, 0.1) is 5.92 Å². The Hall–Kier alpha value is -2.67. The molecule has 0 spiro atoms. The van der Waals surface area contributed by atoms with Crippen molar-refractivity contribution in [1.82, 2.24) is 19.8 Å². The first-order valence-electron chi connectivity index (χ1n) is 9.94. The van der Waals surface area contributed by atoms with E-state index in [4.69, 9.17) is 0 Å². The van der Waals surface area contributed by atoms with E-state index in [9.17, 15) is 9.59 Å². The van der Waals surface area contributed by atoms with E-state index in [0.717, 1.165) is 37.3 Å². The van der Waals surface area contributed by atoms with Crippen LogP contribution < -0.4 is 10.2 Å². The lowest BCUT2D eigenvalue weighted by Gasteiger charge is -2.32. The number of amides is 3. The Bertz CT molecular complexity index is 911. The zero-order valence-corrected chi connectivity index (χ0v) is 16.4. The maximum atomic E-state index is 12.2. The van der Waals surface area contributed by atoms with Crippen LogP contribution in [-0.4, -0.2) is 52.6 Å². The summed E-state index contributed by atoms with van der Waals surface area (Å²) in [7, 11) is 0. The highest BCUT2D eigenvalue weighted by Crippen LogP contribution is 2.27. The molecule has 0 aromatic carbocycles. The maximum absolute atomic E-state index is 12.2. The first-order valence-corrected chi connectivity index (χ1v) is 9.94. The number of fused-ring (bicyclic) bond motifs is 1. The second-order valence-electron chi connectivity index (χ2n) is 8.03. The molecule has 148 valence electrons. The number of imide groups is 1. The van der Waals surface area contributed by atoms with Gasteiger partial charge in [0.25, 0.3) is 0 Å². The Balaban J connectivity index is 1.47. The molecule has 0 aliphatic carbocycles. The summed E-state index contributed by atoms with van der Waals surface area (Å²) in [4.78, 5) is 27.7. The zero-order valence-electron chi connectivity index (χ0n) is 16.4. The quantitative estimate of drug-likeness (QED) is 0.809. The molecule has 28 heavy (non-hydrogen) atoms. The third kappa shape index (κ3) is 3.94. The van der Waals surface area contributed by atoms with Crippen LogP contribution in [0.3, 0.4) is 0 Å². The fourth-order valence-electron chi connectivity index (χ4n) is 4.20. The summed E-state index contributed by atoms with van der Waals surface area (Å²) in [5.41, 5.74) is 4.14. The highest BCUT2D eigenvalue weighted by atomic mass is 16.2. The van der Waals surface area contributed by atoms with Crippen molar-refractivity contribution in [3.8, 4) is 0 Å². The molecule has 0 radical (unpaired) electrons. The number of carbonyl (C=O) groups is 2. The number of nitrogens with one attached hydrogen (secondary N) is 1. The number of hydrogen-bond acceptors (Lipinski definition) is 4. The number of hydrogen-bond donors (Lipinski definition) is 1. The standard InChI is InChI=1S/C21H27N5O2/c1-15(2)14-24-7-3-16(4-8-24)11-17-5-10-26-18(12-17)19(13-22-26)25-9-6-20(27)23-21(25)28/h5,10,12-13,16H,1,3-4,6-9,11,14H2,2H3,(H,23,27,28). The minimum atomic E-state index is -0.374. The summed E-state index contributed by atoms with van der Waals surface area (Å²) in [5.74, 6) is 0.447. The smallest absolute Gasteiger partial charge is 0.299 e. The van der Waals surface area contributed by atoms with Gasteiger partial charge in [-0.3, -0.25) is 19.9 Å². The lowest BCUT2D eigenvalue weighted by molar-refractivity contribution is -0.120. The number of urea groups is 1. The second-order valence-corrected chi connectivity index (χ2v) is 8.03. The van der Waals surface area contributed by atoms with Gasteiger partial charge in [-0.1, -0.05) is 12.2 Å². The van der Waals surface area contributed by atoms with Gasteiger partial charge >= 0.3 is 6.03 Å². The van der Waals surface area contributed by atoms with Crippen molar-refractivity contribution in [3.05, 3.63) is 42.2 Å². The average Bonchev–Trinajstić information content (AvgIpc) is 3.06. The van der Waals surface area contributed by atoms with E-state index in [1.165, 1.54) is 24.0 Å². The van der Waals surface area contributed by atoms with Crippen molar-refractivity contribution in [3.63, 3.8) is 0 Å². The average molecular weight is 381 g/mol. The molecular weight excluding hydrogens is 354 g/mol. The van der Waals surface area contributed by atoms with Crippen LogP contribution in [0.15, 0.2) is 36.7 Å². The largest absolute Gasteiger partial charge is 0.328 e. The molecule has 0 atom stereocenters. The molecule has 2 aliphatic rings. The topological polar surface area (TPSA) is 70.0 Å². The summed E-state index contributed by atoms with van der Waals surface area (Å²) >= 11 is 0. The molecule has 4 heterocycles. The molecule has 2 saturated heterocycles. The Morgan fingerprint density at radius 2 is 2.07 bits per heavy atom. The van der Waals surface area contributed by atoms with Gasteiger partial charge in [-0.25, -0.2) is 9.31 Å². The number of likely N-dealkylation sites (tertiary alicyclic amines) is 1. The van der Waals surface area contributed by atoms with Crippen molar-refractivity contribution in [2.24, 2.45) is 5.92 Å². The van der Waals surface area contributed by atoms with E-state index in [1.54, 1.807) is 15.6 Å². The number of anilines is 1. The van der Waals surface area contributed by atoms with Gasteiger partial charge in [-0.15, -0.1) is 0 Å². The van der Waals surface area contributed by atoms with Crippen LogP contribution in [0.1, 0.15) is 31.7 Å². The normalized spacial score (nSPS) is 19.2. The van der Waals surface area contributed by atoms with Crippen LogP contribution in [0.4, 0.5) is 10.5 Å². The molecule has 7 nitrogen and oxygen atoms in total. The van der Waals surface area contributed by atoms with Gasteiger partial charge in [0.1, 0.15) is 0 Å². The summed E-state index contributed by atoms with van der Waals surface area (Å²) in [5, 5.41) is 6.75. The number of pyridine rings is 1. The minimum absolute atomic E-state index is 0.226. The van der Waals surface area contributed by atoms with E-state index >= 15 is 0 Å². The van der Waals surface area contributed by atoms with E-state index in [-0.39, 0.29) is 11.9 Å².